The molecule has 0 saturated carbocycles. The van der Waals surface area contributed by atoms with Crippen LogP contribution < -0.4 is 30.2 Å². The fourth-order valence-corrected chi connectivity index (χ4v) is 4.41. The number of aromatic nitrogens is 6. The third kappa shape index (κ3) is 5.27. The first kappa shape index (κ1) is 25.2. The molecule has 1 saturated heterocycles. The van der Waals surface area contributed by atoms with Gasteiger partial charge in [0.05, 0.1) is 43.5 Å². The third-order valence-electron chi connectivity index (χ3n) is 6.42. The largest absolute Gasteiger partial charge is 0.495 e. The molecular weight excluding hydrogens is 517 g/mol. The molecule has 1 fully saturated rings. The second-order valence-corrected chi connectivity index (χ2v) is 9.02. The Bertz CT molecular complexity index is 1640. The Hall–Kier alpha value is -5.04. The Kier molecular flexibility index (Phi) is 6.93. The van der Waals surface area contributed by atoms with Crippen molar-refractivity contribution < 1.29 is 18.6 Å². The number of methoxy groups -OCH3 is 2. The SMILES string of the molecule is COc1ncc(-n2ccc(Oc3ccc(Nc4ncnc5cc(OC)c(NC6CCNC6)cc45)c(F)c3)n2)cn1. The van der Waals surface area contributed by atoms with E-state index in [9.17, 15) is 0 Å². The van der Waals surface area contributed by atoms with Crippen LogP contribution in [-0.4, -0.2) is 63.1 Å². The molecule has 2 aromatic carbocycles. The van der Waals surface area contributed by atoms with Crippen LogP contribution in [0, 0.1) is 5.82 Å². The lowest BCUT2D eigenvalue weighted by Gasteiger charge is -2.18. The van der Waals surface area contributed by atoms with Crippen LogP contribution in [0.25, 0.3) is 16.6 Å². The van der Waals surface area contributed by atoms with E-state index in [1.54, 1.807) is 48.6 Å². The van der Waals surface area contributed by atoms with Gasteiger partial charge in [0.2, 0.25) is 5.88 Å². The minimum atomic E-state index is -0.517. The predicted octanol–water partition coefficient (Wildman–Crippen LogP) is 4.07. The molecule has 40 heavy (non-hydrogen) atoms. The summed E-state index contributed by atoms with van der Waals surface area (Å²) in [5, 5.41) is 15.0. The van der Waals surface area contributed by atoms with Gasteiger partial charge in [-0.25, -0.2) is 29.0 Å². The highest BCUT2D eigenvalue weighted by Gasteiger charge is 2.18. The molecule has 0 aliphatic carbocycles. The van der Waals surface area contributed by atoms with Crippen molar-refractivity contribution in [2.24, 2.45) is 0 Å². The van der Waals surface area contributed by atoms with E-state index in [1.165, 1.54) is 19.5 Å². The molecule has 13 heteroatoms. The van der Waals surface area contributed by atoms with Gasteiger partial charge in [0.25, 0.3) is 0 Å². The molecule has 204 valence electrons. The van der Waals surface area contributed by atoms with Crippen molar-refractivity contribution in [3.8, 4) is 29.1 Å². The van der Waals surface area contributed by atoms with E-state index in [2.05, 4.69) is 41.0 Å². The minimum Gasteiger partial charge on any atom is -0.495 e. The van der Waals surface area contributed by atoms with Crippen LogP contribution in [0.3, 0.4) is 0 Å². The van der Waals surface area contributed by atoms with Crippen molar-refractivity contribution in [3.05, 3.63) is 67.1 Å². The molecule has 3 aromatic heterocycles. The van der Waals surface area contributed by atoms with E-state index in [1.807, 2.05) is 12.1 Å². The normalized spacial score (nSPS) is 14.7. The maximum atomic E-state index is 15.2. The number of benzene rings is 2. The summed E-state index contributed by atoms with van der Waals surface area (Å²) in [6.45, 7) is 1.83. The number of halogens is 1. The van der Waals surface area contributed by atoms with E-state index >= 15 is 4.39 Å². The summed E-state index contributed by atoms with van der Waals surface area (Å²) in [5.41, 5.74) is 2.35. The summed E-state index contributed by atoms with van der Waals surface area (Å²) in [6, 6.07) is 10.5. The van der Waals surface area contributed by atoms with Crippen molar-refractivity contribution >= 4 is 28.1 Å². The van der Waals surface area contributed by atoms with Gasteiger partial charge in [0.15, 0.2) is 0 Å². The third-order valence-corrected chi connectivity index (χ3v) is 6.42. The Morgan fingerprint density at radius 1 is 1.00 bits per heavy atom. The summed E-state index contributed by atoms with van der Waals surface area (Å²) < 4.78 is 33.0. The highest BCUT2D eigenvalue weighted by molar-refractivity contribution is 5.95. The Labute approximate surface area is 228 Å². The average molecular weight is 544 g/mol. The van der Waals surface area contributed by atoms with Gasteiger partial charge in [-0.3, -0.25) is 0 Å². The van der Waals surface area contributed by atoms with Gasteiger partial charge in [-0.05, 0) is 31.2 Å². The lowest BCUT2D eigenvalue weighted by molar-refractivity contribution is 0.379. The number of nitrogens with one attached hydrogen (secondary N) is 3. The highest BCUT2D eigenvalue weighted by atomic mass is 19.1. The van der Waals surface area contributed by atoms with E-state index in [0.29, 0.717) is 22.8 Å². The van der Waals surface area contributed by atoms with Crippen LogP contribution in [-0.2, 0) is 0 Å². The summed E-state index contributed by atoms with van der Waals surface area (Å²) in [7, 11) is 3.11. The minimum absolute atomic E-state index is 0.235. The number of hydrogen-bond donors (Lipinski definition) is 3. The van der Waals surface area contributed by atoms with Crippen LogP contribution in [0.1, 0.15) is 6.42 Å². The second kappa shape index (κ2) is 11.0. The summed E-state index contributed by atoms with van der Waals surface area (Å²) >= 11 is 0. The molecule has 1 atom stereocenters. The topological polar surface area (TPSA) is 133 Å². The van der Waals surface area contributed by atoms with Crippen molar-refractivity contribution in [2.45, 2.75) is 12.5 Å². The first-order chi connectivity index (χ1) is 19.6. The van der Waals surface area contributed by atoms with Crippen molar-refractivity contribution in [1.82, 2.24) is 35.0 Å². The fourth-order valence-electron chi connectivity index (χ4n) is 4.41. The van der Waals surface area contributed by atoms with E-state index in [0.717, 1.165) is 30.6 Å². The fraction of sp³-hybridized carbons (Fsp3) is 0.222. The summed E-state index contributed by atoms with van der Waals surface area (Å²) in [4.78, 5) is 16.9. The summed E-state index contributed by atoms with van der Waals surface area (Å²) in [5.74, 6) is 1.19. The number of anilines is 3. The van der Waals surface area contributed by atoms with Crippen LogP contribution >= 0.6 is 0 Å². The zero-order valence-corrected chi connectivity index (χ0v) is 21.8. The smallest absolute Gasteiger partial charge is 0.316 e. The molecule has 0 bridgehead atoms. The van der Waals surface area contributed by atoms with Gasteiger partial charge in [-0.15, -0.1) is 5.10 Å². The zero-order chi connectivity index (χ0) is 27.5. The van der Waals surface area contributed by atoms with Gasteiger partial charge in [0, 0.05) is 42.4 Å². The molecule has 1 aliphatic heterocycles. The first-order valence-corrected chi connectivity index (χ1v) is 12.6. The molecule has 3 N–H and O–H groups in total. The number of rotatable bonds is 9. The number of hydrogen-bond acceptors (Lipinski definition) is 11. The molecule has 0 radical (unpaired) electrons. The van der Waals surface area contributed by atoms with E-state index < -0.39 is 5.82 Å². The Morgan fingerprint density at radius 3 is 2.62 bits per heavy atom. The van der Waals surface area contributed by atoms with Crippen LogP contribution in [0.2, 0.25) is 0 Å². The van der Waals surface area contributed by atoms with Crippen molar-refractivity contribution in [1.29, 1.82) is 0 Å². The van der Waals surface area contributed by atoms with Crippen LogP contribution in [0.15, 0.2) is 61.3 Å². The van der Waals surface area contributed by atoms with E-state index in [4.69, 9.17) is 14.2 Å². The maximum absolute atomic E-state index is 15.2. The van der Waals surface area contributed by atoms with Gasteiger partial charge >= 0.3 is 6.01 Å². The standard InChI is InChI=1S/C27H26FN9O3/c1-38-24-11-22-19(10-23(24)34-16-5-7-29-12-16)26(33-15-32-22)35-21-4-3-18(9-20(21)28)40-25-6-8-37(36-25)17-13-30-27(39-2)31-14-17/h3-4,6,8-11,13-16,29,34H,5,7,12H2,1-2H3,(H,32,33,35). The van der Waals surface area contributed by atoms with E-state index in [-0.39, 0.29) is 29.4 Å². The number of nitrogens with zero attached hydrogens (tertiary/aromatic N) is 6. The lowest BCUT2D eigenvalue weighted by atomic mass is 10.1. The van der Waals surface area contributed by atoms with Gasteiger partial charge in [-0.2, -0.15) is 0 Å². The molecule has 12 nitrogen and oxygen atoms in total. The molecular formula is C27H26FN9O3. The molecule has 0 spiro atoms. The van der Waals surface area contributed by atoms with Crippen molar-refractivity contribution in [3.63, 3.8) is 0 Å². The van der Waals surface area contributed by atoms with Gasteiger partial charge < -0.3 is 30.2 Å². The predicted molar refractivity (Wildman–Crippen MR) is 146 cm³/mol. The number of ether oxygens (including phenoxy) is 3. The summed E-state index contributed by atoms with van der Waals surface area (Å²) in [6.07, 6.45) is 7.26. The Balaban J connectivity index is 1.20. The second-order valence-electron chi connectivity index (χ2n) is 9.02. The van der Waals surface area contributed by atoms with Crippen LogP contribution in [0.5, 0.6) is 23.4 Å². The molecule has 6 rings (SSSR count). The molecule has 5 aromatic rings. The number of fused-ring (bicyclic) bond motifs is 1. The zero-order valence-electron chi connectivity index (χ0n) is 21.8. The van der Waals surface area contributed by atoms with Crippen LogP contribution in [0.4, 0.5) is 21.6 Å². The monoisotopic (exact) mass is 543 g/mol. The first-order valence-electron chi connectivity index (χ1n) is 12.6. The lowest BCUT2D eigenvalue weighted by Crippen LogP contribution is -2.22. The van der Waals surface area contributed by atoms with Crippen molar-refractivity contribution in [2.75, 3.05) is 37.9 Å². The molecule has 0 amide bonds. The average Bonchev–Trinajstić information content (AvgIpc) is 3.67. The quantitative estimate of drug-likeness (QED) is 0.248. The maximum Gasteiger partial charge on any atom is 0.316 e. The van der Waals surface area contributed by atoms with Gasteiger partial charge in [0.1, 0.15) is 35.1 Å². The van der Waals surface area contributed by atoms with Gasteiger partial charge in [-0.1, -0.05) is 0 Å². The molecule has 1 unspecified atom stereocenters. The Morgan fingerprint density at radius 2 is 1.88 bits per heavy atom. The highest BCUT2D eigenvalue weighted by Crippen LogP contribution is 2.35. The molecule has 1 aliphatic rings. The molecule has 4 heterocycles.